The average molecular weight is 193 g/mol. The van der Waals surface area contributed by atoms with Crippen LogP contribution in [0.2, 0.25) is 0 Å². The van der Waals surface area contributed by atoms with E-state index in [0.717, 1.165) is 12.1 Å². The van der Waals surface area contributed by atoms with Gasteiger partial charge in [-0.05, 0) is 31.4 Å². The molecule has 1 aromatic rings. The van der Waals surface area contributed by atoms with E-state index >= 15 is 0 Å². The molecule has 0 aliphatic carbocycles. The van der Waals surface area contributed by atoms with Gasteiger partial charge in [-0.3, -0.25) is 4.68 Å². The third kappa shape index (κ3) is 2.06. The number of nitrogens with zero attached hydrogens (tertiary/aromatic N) is 5. The maximum atomic E-state index is 8.15. The Morgan fingerprint density at radius 1 is 1.50 bits per heavy atom. The van der Waals surface area contributed by atoms with Crippen molar-refractivity contribution in [1.82, 2.24) is 9.78 Å². The van der Waals surface area contributed by atoms with E-state index in [1.165, 1.54) is 11.3 Å². The van der Waals surface area contributed by atoms with Crippen LogP contribution in [0.15, 0.2) is 5.11 Å². The second kappa shape index (κ2) is 4.67. The molecule has 0 N–H and O–H groups in total. The van der Waals surface area contributed by atoms with Crippen LogP contribution < -0.4 is 0 Å². The van der Waals surface area contributed by atoms with Crippen LogP contribution in [0.1, 0.15) is 23.9 Å². The summed E-state index contributed by atoms with van der Waals surface area (Å²) in [6.45, 7) is 7.30. The summed E-state index contributed by atoms with van der Waals surface area (Å²) in [6.07, 6.45) is 0.999. The second-order valence-electron chi connectivity index (χ2n) is 3.18. The number of rotatable bonds is 4. The highest BCUT2D eigenvalue weighted by Gasteiger charge is 2.08. The van der Waals surface area contributed by atoms with Crippen LogP contribution in [0, 0.1) is 13.8 Å². The number of hydrogen-bond donors (Lipinski definition) is 0. The van der Waals surface area contributed by atoms with Gasteiger partial charge in [0.1, 0.15) is 0 Å². The average Bonchev–Trinajstić information content (AvgIpc) is 2.42. The van der Waals surface area contributed by atoms with Crippen LogP contribution in [0.3, 0.4) is 0 Å². The molecule has 0 fully saturated rings. The van der Waals surface area contributed by atoms with Crippen molar-refractivity contribution in [2.24, 2.45) is 5.11 Å². The molecule has 1 aromatic heterocycles. The summed E-state index contributed by atoms with van der Waals surface area (Å²) in [6, 6.07) is 0. The first-order valence-corrected chi connectivity index (χ1v) is 4.74. The van der Waals surface area contributed by atoms with Gasteiger partial charge in [-0.15, -0.1) is 0 Å². The predicted octanol–water partition coefficient (Wildman–Crippen LogP) is 2.37. The molecule has 5 heteroatoms. The minimum Gasteiger partial charge on any atom is -0.269 e. The lowest BCUT2D eigenvalue weighted by Gasteiger charge is -2.01. The Morgan fingerprint density at radius 3 is 2.71 bits per heavy atom. The van der Waals surface area contributed by atoms with Crippen molar-refractivity contribution in [2.75, 3.05) is 6.54 Å². The van der Waals surface area contributed by atoms with Gasteiger partial charge in [-0.25, -0.2) is 0 Å². The Morgan fingerprint density at radius 2 is 2.21 bits per heavy atom. The van der Waals surface area contributed by atoms with Gasteiger partial charge in [-0.2, -0.15) is 5.10 Å². The van der Waals surface area contributed by atoms with Crippen molar-refractivity contribution < 1.29 is 0 Å². The van der Waals surface area contributed by atoms with Crippen LogP contribution in [-0.4, -0.2) is 16.3 Å². The molecule has 1 rings (SSSR count). The number of aryl methyl sites for hydroxylation is 1. The topological polar surface area (TPSA) is 66.6 Å². The molecule has 0 unspecified atom stereocenters. The molecular weight excluding hydrogens is 178 g/mol. The summed E-state index contributed by atoms with van der Waals surface area (Å²) in [5, 5.41) is 7.88. The Kier molecular flexibility index (Phi) is 3.54. The maximum absolute atomic E-state index is 8.15. The fraction of sp³-hybridized carbons (Fsp3) is 0.667. The predicted molar refractivity (Wildman–Crippen MR) is 55.1 cm³/mol. The monoisotopic (exact) mass is 193 g/mol. The van der Waals surface area contributed by atoms with Gasteiger partial charge in [0.2, 0.25) is 0 Å². The maximum Gasteiger partial charge on any atom is 0.0628 e. The molecule has 0 spiro atoms. The van der Waals surface area contributed by atoms with Crippen molar-refractivity contribution in [1.29, 1.82) is 0 Å². The summed E-state index contributed by atoms with van der Waals surface area (Å²) in [5.74, 6) is 0. The Hall–Kier alpha value is -1.48. The van der Waals surface area contributed by atoms with Crippen LogP contribution in [0.25, 0.3) is 10.4 Å². The van der Waals surface area contributed by atoms with E-state index < -0.39 is 0 Å². The van der Waals surface area contributed by atoms with Crippen molar-refractivity contribution in [3.63, 3.8) is 0 Å². The highest BCUT2D eigenvalue weighted by molar-refractivity contribution is 5.24. The van der Waals surface area contributed by atoms with E-state index in [0.29, 0.717) is 13.1 Å². The zero-order chi connectivity index (χ0) is 10.6. The fourth-order valence-electron chi connectivity index (χ4n) is 1.65. The number of azide groups is 1. The first kappa shape index (κ1) is 10.6. The summed E-state index contributed by atoms with van der Waals surface area (Å²) >= 11 is 0. The van der Waals surface area contributed by atoms with Gasteiger partial charge in [0.25, 0.3) is 0 Å². The fourth-order valence-corrected chi connectivity index (χ4v) is 1.65. The molecule has 0 saturated heterocycles. The lowest BCUT2D eigenvalue weighted by atomic mass is 10.1. The zero-order valence-corrected chi connectivity index (χ0v) is 8.86. The molecule has 5 nitrogen and oxygen atoms in total. The van der Waals surface area contributed by atoms with Crippen LogP contribution >= 0.6 is 0 Å². The first-order chi connectivity index (χ1) is 6.70. The van der Waals surface area contributed by atoms with Crippen molar-refractivity contribution in [3.8, 4) is 0 Å². The second-order valence-corrected chi connectivity index (χ2v) is 3.18. The molecule has 0 atom stereocenters. The minimum absolute atomic E-state index is 0.460. The molecule has 0 radical (unpaired) electrons. The van der Waals surface area contributed by atoms with Crippen molar-refractivity contribution >= 4 is 0 Å². The molecule has 0 amide bonds. The highest BCUT2D eigenvalue weighted by Crippen LogP contribution is 2.12. The van der Waals surface area contributed by atoms with E-state index in [4.69, 9.17) is 5.53 Å². The van der Waals surface area contributed by atoms with E-state index in [1.54, 1.807) is 0 Å². The van der Waals surface area contributed by atoms with Crippen LogP contribution in [0.5, 0.6) is 0 Å². The first-order valence-electron chi connectivity index (χ1n) is 4.74. The molecule has 76 valence electrons. The zero-order valence-electron chi connectivity index (χ0n) is 8.86. The largest absolute Gasteiger partial charge is 0.269 e. The lowest BCUT2D eigenvalue weighted by Crippen LogP contribution is -2.05. The summed E-state index contributed by atoms with van der Waals surface area (Å²) in [7, 11) is 0. The minimum atomic E-state index is 0.460. The van der Waals surface area contributed by atoms with Gasteiger partial charge < -0.3 is 0 Å². The van der Waals surface area contributed by atoms with E-state index in [2.05, 4.69) is 29.0 Å². The molecule has 0 aliphatic rings. The number of hydrogen-bond acceptors (Lipinski definition) is 2. The van der Waals surface area contributed by atoms with Crippen LogP contribution in [-0.2, 0) is 13.0 Å². The quantitative estimate of drug-likeness (QED) is 0.411. The van der Waals surface area contributed by atoms with Gasteiger partial charge >= 0.3 is 0 Å². The lowest BCUT2D eigenvalue weighted by molar-refractivity contribution is 0.602. The summed E-state index contributed by atoms with van der Waals surface area (Å²) < 4.78 is 1.91. The molecule has 14 heavy (non-hydrogen) atoms. The smallest absolute Gasteiger partial charge is 0.0628 e. The van der Waals surface area contributed by atoms with Crippen molar-refractivity contribution in [2.45, 2.75) is 33.7 Å². The summed E-state index contributed by atoms with van der Waals surface area (Å²) in [5.41, 5.74) is 11.7. The Bertz CT molecular complexity index is 360. The molecule has 0 aromatic carbocycles. The Balaban J connectivity index is 2.82. The Labute approximate surface area is 83.4 Å². The standard InChI is InChI=1S/C9H15N5/c1-4-9-7(2)12-14(8(9)3)6-5-11-13-10/h4-6H2,1-3H3. The third-order valence-corrected chi connectivity index (χ3v) is 2.36. The summed E-state index contributed by atoms with van der Waals surface area (Å²) in [4.78, 5) is 2.71. The van der Waals surface area contributed by atoms with Gasteiger partial charge in [0.05, 0.1) is 5.69 Å². The molecule has 1 heterocycles. The van der Waals surface area contributed by atoms with E-state index in [-0.39, 0.29) is 0 Å². The SMILES string of the molecule is CCc1c(C)nn(CCN=[N+]=[N-])c1C. The van der Waals surface area contributed by atoms with Gasteiger partial charge in [0, 0.05) is 23.7 Å². The van der Waals surface area contributed by atoms with Crippen molar-refractivity contribution in [3.05, 3.63) is 27.4 Å². The molecule has 0 aliphatic heterocycles. The normalized spacial score (nSPS) is 9.93. The highest BCUT2D eigenvalue weighted by atomic mass is 15.3. The van der Waals surface area contributed by atoms with Gasteiger partial charge in [-0.1, -0.05) is 12.0 Å². The van der Waals surface area contributed by atoms with E-state index in [9.17, 15) is 0 Å². The third-order valence-electron chi connectivity index (χ3n) is 2.36. The van der Waals surface area contributed by atoms with Crippen LogP contribution in [0.4, 0.5) is 0 Å². The van der Waals surface area contributed by atoms with E-state index in [1.807, 2.05) is 11.6 Å². The number of aromatic nitrogens is 2. The molecule has 0 bridgehead atoms. The molecule has 0 saturated carbocycles. The van der Waals surface area contributed by atoms with Gasteiger partial charge in [0.15, 0.2) is 0 Å². The molecular formula is C9H15N5.